The van der Waals surface area contributed by atoms with Crippen LogP contribution in [0.15, 0.2) is 78.6 Å². The molecule has 3 aromatic rings. The van der Waals surface area contributed by atoms with E-state index in [2.05, 4.69) is 4.98 Å². The summed E-state index contributed by atoms with van der Waals surface area (Å²) >= 11 is 0. The van der Waals surface area contributed by atoms with E-state index in [-0.39, 0.29) is 23.4 Å². The molecule has 1 unspecified atom stereocenters. The number of rotatable bonds is 7. The van der Waals surface area contributed by atoms with E-state index in [0.717, 1.165) is 5.56 Å². The molecule has 0 bridgehead atoms. The molecule has 4 rings (SSSR count). The van der Waals surface area contributed by atoms with Crippen molar-refractivity contribution in [3.8, 4) is 5.75 Å². The number of ketones is 1. The highest BCUT2D eigenvalue weighted by Crippen LogP contribution is 2.41. The fourth-order valence-electron chi connectivity index (χ4n) is 3.88. The summed E-state index contributed by atoms with van der Waals surface area (Å²) in [5.41, 5.74) is 1.61. The lowest BCUT2D eigenvalue weighted by Gasteiger charge is -2.26. The van der Waals surface area contributed by atoms with Crippen molar-refractivity contribution in [2.24, 2.45) is 5.92 Å². The number of pyridine rings is 1. The molecule has 174 valence electrons. The van der Waals surface area contributed by atoms with E-state index in [0.29, 0.717) is 23.8 Å². The fraction of sp³-hybridized carbons (Fsp3) is 0.222. The number of likely N-dealkylation sites (tertiary alicyclic amines) is 1. The molecule has 1 aromatic heterocycles. The smallest absolute Gasteiger partial charge is 0.295 e. The van der Waals surface area contributed by atoms with Crippen LogP contribution in [0.3, 0.4) is 0 Å². The number of carbonyl (C=O) groups excluding carboxylic acids is 2. The average Bonchev–Trinajstić information content (AvgIpc) is 3.08. The zero-order valence-electron chi connectivity index (χ0n) is 18.9. The molecule has 2 heterocycles. The number of amides is 1. The number of Topliss-reactive ketones (excluding diaryl/α,β-unsaturated/α-hetero) is 1. The molecule has 1 N–H and O–H groups in total. The van der Waals surface area contributed by atoms with Crippen LogP contribution < -0.4 is 4.74 Å². The number of aromatic nitrogens is 1. The molecular formula is C27H25FN2O4. The number of ether oxygens (including phenoxy) is 1. The summed E-state index contributed by atoms with van der Waals surface area (Å²) < 4.78 is 19.3. The van der Waals surface area contributed by atoms with Gasteiger partial charge in [0.05, 0.1) is 18.2 Å². The zero-order valence-corrected chi connectivity index (χ0v) is 18.9. The van der Waals surface area contributed by atoms with Gasteiger partial charge in [-0.3, -0.25) is 14.6 Å². The lowest BCUT2D eigenvalue weighted by atomic mass is 9.95. The summed E-state index contributed by atoms with van der Waals surface area (Å²) in [6.45, 7) is 4.73. The van der Waals surface area contributed by atoms with Crippen molar-refractivity contribution in [1.29, 1.82) is 0 Å². The Morgan fingerprint density at radius 2 is 1.79 bits per heavy atom. The number of aliphatic hydroxyl groups excluding tert-OH is 1. The summed E-state index contributed by atoms with van der Waals surface area (Å²) in [7, 11) is 0. The topological polar surface area (TPSA) is 79.7 Å². The molecular weight excluding hydrogens is 435 g/mol. The minimum atomic E-state index is -0.846. The molecule has 1 amide bonds. The summed E-state index contributed by atoms with van der Waals surface area (Å²) in [4.78, 5) is 31.7. The van der Waals surface area contributed by atoms with E-state index in [1.165, 1.54) is 29.2 Å². The van der Waals surface area contributed by atoms with Gasteiger partial charge in [-0.05, 0) is 65.6 Å². The highest BCUT2D eigenvalue weighted by atomic mass is 19.1. The number of hydrogen-bond acceptors (Lipinski definition) is 5. The molecule has 1 aliphatic heterocycles. The Morgan fingerprint density at radius 1 is 1.09 bits per heavy atom. The van der Waals surface area contributed by atoms with Gasteiger partial charge in [-0.15, -0.1) is 0 Å². The molecule has 0 spiro atoms. The number of aliphatic hydroxyl groups is 1. The maximum Gasteiger partial charge on any atom is 0.295 e. The Balaban J connectivity index is 1.82. The second-order valence-electron chi connectivity index (χ2n) is 8.57. The fourth-order valence-corrected chi connectivity index (χ4v) is 3.88. The molecule has 1 fully saturated rings. The van der Waals surface area contributed by atoms with Gasteiger partial charge in [0.2, 0.25) is 0 Å². The molecule has 6 nitrogen and oxygen atoms in total. The van der Waals surface area contributed by atoms with E-state index in [9.17, 15) is 19.1 Å². The number of nitrogens with zero attached hydrogens (tertiary/aromatic N) is 2. The lowest BCUT2D eigenvalue weighted by Crippen LogP contribution is -2.29. The van der Waals surface area contributed by atoms with Crippen LogP contribution in [0.5, 0.6) is 5.75 Å². The normalized spacial score (nSPS) is 17.4. The molecule has 1 atom stereocenters. The minimum Gasteiger partial charge on any atom is -0.507 e. The molecule has 2 aromatic carbocycles. The van der Waals surface area contributed by atoms with Gasteiger partial charge in [-0.25, -0.2) is 4.39 Å². The lowest BCUT2D eigenvalue weighted by molar-refractivity contribution is -0.140. The number of benzene rings is 2. The van der Waals surface area contributed by atoms with E-state index >= 15 is 0 Å². The number of carbonyl (C=O) groups is 2. The SMILES string of the molecule is CC(C)COc1cccc(C2/C(=C(/O)c3ccc(F)cc3)C(=O)C(=O)N2Cc2ccncc2)c1. The van der Waals surface area contributed by atoms with Crippen LogP contribution in [0, 0.1) is 11.7 Å². The van der Waals surface area contributed by atoms with Crippen molar-refractivity contribution in [1.82, 2.24) is 9.88 Å². The molecule has 0 aliphatic carbocycles. The first-order chi connectivity index (χ1) is 16.3. The van der Waals surface area contributed by atoms with Crippen molar-refractivity contribution < 1.29 is 23.8 Å². The van der Waals surface area contributed by atoms with Gasteiger partial charge in [0.15, 0.2) is 0 Å². The van der Waals surface area contributed by atoms with Gasteiger partial charge in [0, 0.05) is 24.5 Å². The van der Waals surface area contributed by atoms with Gasteiger partial charge in [0.25, 0.3) is 11.7 Å². The van der Waals surface area contributed by atoms with E-state index in [1.54, 1.807) is 48.8 Å². The molecule has 34 heavy (non-hydrogen) atoms. The van der Waals surface area contributed by atoms with Crippen LogP contribution in [0.2, 0.25) is 0 Å². The van der Waals surface area contributed by atoms with Gasteiger partial charge in [0.1, 0.15) is 17.3 Å². The van der Waals surface area contributed by atoms with Crippen molar-refractivity contribution in [2.75, 3.05) is 6.61 Å². The van der Waals surface area contributed by atoms with Crippen LogP contribution in [-0.2, 0) is 16.1 Å². The zero-order chi connectivity index (χ0) is 24.2. The van der Waals surface area contributed by atoms with Gasteiger partial charge >= 0.3 is 0 Å². The van der Waals surface area contributed by atoms with Gasteiger partial charge in [-0.2, -0.15) is 0 Å². The number of halogens is 1. The maximum atomic E-state index is 13.4. The third kappa shape index (κ3) is 4.83. The van der Waals surface area contributed by atoms with Crippen LogP contribution in [-0.4, -0.2) is 33.3 Å². The second-order valence-corrected chi connectivity index (χ2v) is 8.57. The summed E-state index contributed by atoms with van der Waals surface area (Å²) in [5, 5.41) is 11.1. The summed E-state index contributed by atoms with van der Waals surface area (Å²) in [6, 6.07) is 15.0. The third-order valence-electron chi connectivity index (χ3n) is 5.52. The van der Waals surface area contributed by atoms with E-state index in [1.807, 2.05) is 13.8 Å². The van der Waals surface area contributed by atoms with Gasteiger partial charge < -0.3 is 14.7 Å². The predicted octanol–water partition coefficient (Wildman–Crippen LogP) is 4.88. The van der Waals surface area contributed by atoms with Crippen molar-refractivity contribution in [3.05, 3.63) is 101 Å². The van der Waals surface area contributed by atoms with E-state index < -0.39 is 23.5 Å². The highest BCUT2D eigenvalue weighted by Gasteiger charge is 2.46. The Labute approximate surface area is 197 Å². The number of hydrogen-bond donors (Lipinski definition) is 1. The summed E-state index contributed by atoms with van der Waals surface area (Å²) in [6.07, 6.45) is 3.22. The van der Waals surface area contributed by atoms with Crippen molar-refractivity contribution in [2.45, 2.75) is 26.4 Å². The first-order valence-electron chi connectivity index (χ1n) is 11.0. The quantitative estimate of drug-likeness (QED) is 0.309. The average molecular weight is 461 g/mol. The van der Waals surface area contributed by atoms with Crippen LogP contribution in [0.4, 0.5) is 4.39 Å². The maximum absolute atomic E-state index is 13.4. The monoisotopic (exact) mass is 460 g/mol. The minimum absolute atomic E-state index is 0.0494. The van der Waals surface area contributed by atoms with E-state index in [4.69, 9.17) is 4.74 Å². The standard InChI is InChI=1S/C27H25FN2O4/c1-17(2)16-34-22-5-3-4-20(14-22)24-23(25(31)19-6-8-21(28)9-7-19)26(32)27(33)30(24)15-18-10-12-29-13-11-18/h3-14,17,24,31H,15-16H2,1-2H3/b25-23-. The Bertz CT molecular complexity index is 1220. The molecule has 1 aliphatic rings. The molecule has 0 radical (unpaired) electrons. The Morgan fingerprint density at radius 3 is 2.47 bits per heavy atom. The van der Waals surface area contributed by atoms with Gasteiger partial charge in [-0.1, -0.05) is 26.0 Å². The summed E-state index contributed by atoms with van der Waals surface area (Å²) in [5.74, 6) is -1.43. The predicted molar refractivity (Wildman–Crippen MR) is 125 cm³/mol. The first-order valence-corrected chi connectivity index (χ1v) is 11.0. The molecule has 1 saturated heterocycles. The third-order valence-corrected chi connectivity index (χ3v) is 5.52. The highest BCUT2D eigenvalue weighted by molar-refractivity contribution is 6.46. The van der Waals surface area contributed by atoms with Crippen molar-refractivity contribution in [3.63, 3.8) is 0 Å². The Kier molecular flexibility index (Phi) is 6.72. The van der Waals surface area contributed by atoms with Crippen LogP contribution in [0.1, 0.15) is 36.6 Å². The van der Waals surface area contributed by atoms with Crippen LogP contribution >= 0.6 is 0 Å². The largest absolute Gasteiger partial charge is 0.507 e. The second kappa shape index (κ2) is 9.87. The van der Waals surface area contributed by atoms with Crippen LogP contribution in [0.25, 0.3) is 5.76 Å². The Hall–Kier alpha value is -4.00. The first kappa shape index (κ1) is 23.2. The van der Waals surface area contributed by atoms with Crippen molar-refractivity contribution >= 4 is 17.4 Å². The molecule has 0 saturated carbocycles. The molecule has 7 heteroatoms.